The second-order valence-corrected chi connectivity index (χ2v) is 5.34. The second-order valence-electron chi connectivity index (χ2n) is 3.66. The van der Waals surface area contributed by atoms with Gasteiger partial charge in [0.15, 0.2) is 10.9 Å². The van der Waals surface area contributed by atoms with Gasteiger partial charge in [0.2, 0.25) is 5.89 Å². The lowest BCUT2D eigenvalue weighted by Crippen LogP contribution is -2.25. The molecule has 0 bridgehead atoms. The Kier molecular flexibility index (Phi) is 3.76. The average Bonchev–Trinajstić information content (AvgIpc) is 2.82. The van der Waals surface area contributed by atoms with Gasteiger partial charge in [0, 0.05) is 20.2 Å². The highest BCUT2D eigenvalue weighted by Gasteiger charge is 2.20. The average molecular weight is 283 g/mol. The molecule has 19 heavy (non-hydrogen) atoms. The molecule has 8 nitrogen and oxygen atoms in total. The zero-order valence-electron chi connectivity index (χ0n) is 10.4. The predicted molar refractivity (Wildman–Crippen MR) is 66.8 cm³/mol. The normalized spacial score (nSPS) is 11.5. The molecule has 0 atom stereocenters. The molecule has 102 valence electrons. The van der Waals surface area contributed by atoms with Crippen molar-refractivity contribution in [2.45, 2.75) is 18.5 Å². The summed E-state index contributed by atoms with van der Waals surface area (Å²) in [5.41, 5.74) is 0.416. The first-order chi connectivity index (χ1) is 9.03. The number of hydrogen-bond donors (Lipinski definition) is 2. The molecule has 0 amide bonds. The highest BCUT2D eigenvalue weighted by atomic mass is 32.2. The lowest BCUT2D eigenvalue weighted by molar-refractivity contribution is 0.387. The van der Waals surface area contributed by atoms with Gasteiger partial charge in [-0.25, -0.2) is 18.1 Å². The Morgan fingerprint density at radius 3 is 2.84 bits per heavy atom. The summed E-state index contributed by atoms with van der Waals surface area (Å²) in [5.74, 6) is 0.644. The molecule has 2 heterocycles. The van der Waals surface area contributed by atoms with Crippen LogP contribution in [0, 0.1) is 6.92 Å². The summed E-state index contributed by atoms with van der Waals surface area (Å²) < 4.78 is 31.3. The van der Waals surface area contributed by atoms with Gasteiger partial charge in [-0.1, -0.05) is 5.16 Å². The van der Waals surface area contributed by atoms with Crippen molar-refractivity contribution in [1.82, 2.24) is 19.8 Å². The van der Waals surface area contributed by atoms with E-state index in [9.17, 15) is 8.42 Å². The van der Waals surface area contributed by atoms with Crippen molar-refractivity contribution in [3.05, 3.63) is 30.0 Å². The molecule has 0 unspecified atom stereocenters. The van der Waals surface area contributed by atoms with Crippen LogP contribution in [0.25, 0.3) is 0 Å². The molecule has 0 aliphatic carbocycles. The van der Waals surface area contributed by atoms with E-state index in [-0.39, 0.29) is 17.4 Å². The van der Waals surface area contributed by atoms with Crippen molar-refractivity contribution >= 4 is 15.7 Å². The summed E-state index contributed by atoms with van der Waals surface area (Å²) >= 11 is 0. The van der Waals surface area contributed by atoms with Gasteiger partial charge in [-0.3, -0.25) is 0 Å². The fraction of sp³-hybridized carbons (Fsp3) is 0.300. The molecule has 2 rings (SSSR count). The number of sulfonamides is 1. The van der Waals surface area contributed by atoms with Gasteiger partial charge in [0.05, 0.1) is 12.2 Å². The maximum absolute atomic E-state index is 12.1. The third-order valence-electron chi connectivity index (χ3n) is 2.28. The van der Waals surface area contributed by atoms with Crippen molar-refractivity contribution in [2.75, 3.05) is 12.4 Å². The molecular weight excluding hydrogens is 270 g/mol. The van der Waals surface area contributed by atoms with Gasteiger partial charge in [-0.05, 0) is 12.1 Å². The monoisotopic (exact) mass is 283 g/mol. The van der Waals surface area contributed by atoms with Gasteiger partial charge in [0.25, 0.3) is 10.0 Å². The van der Waals surface area contributed by atoms with E-state index in [2.05, 4.69) is 25.2 Å². The maximum Gasteiger partial charge on any atom is 0.260 e. The van der Waals surface area contributed by atoms with Crippen LogP contribution in [0.5, 0.6) is 0 Å². The van der Waals surface area contributed by atoms with Crippen LogP contribution in [0.4, 0.5) is 5.69 Å². The minimum Gasteiger partial charge on any atom is -0.386 e. The van der Waals surface area contributed by atoms with E-state index in [4.69, 9.17) is 4.52 Å². The molecular formula is C10H13N5O3S. The van der Waals surface area contributed by atoms with E-state index in [1.54, 1.807) is 26.1 Å². The summed E-state index contributed by atoms with van der Waals surface area (Å²) in [4.78, 5) is 7.77. The molecule has 0 spiro atoms. The van der Waals surface area contributed by atoms with Crippen LogP contribution < -0.4 is 10.0 Å². The molecule has 0 aromatic carbocycles. The van der Waals surface area contributed by atoms with Crippen molar-refractivity contribution in [3.63, 3.8) is 0 Å². The SMILES string of the molecule is CNc1cccnc1S(=O)(=O)NCc1noc(C)n1. The Hall–Kier alpha value is -2.00. The van der Waals surface area contributed by atoms with Crippen LogP contribution in [0.2, 0.25) is 0 Å². The minimum atomic E-state index is -3.74. The van der Waals surface area contributed by atoms with Crippen LogP contribution in [-0.2, 0) is 16.6 Å². The summed E-state index contributed by atoms with van der Waals surface area (Å²) in [7, 11) is -2.11. The Bertz CT molecular complexity index is 667. The Morgan fingerprint density at radius 1 is 1.42 bits per heavy atom. The molecule has 2 aromatic heterocycles. The fourth-order valence-corrected chi connectivity index (χ4v) is 2.55. The van der Waals surface area contributed by atoms with E-state index in [1.165, 1.54) is 6.20 Å². The van der Waals surface area contributed by atoms with Crippen LogP contribution in [0.15, 0.2) is 27.9 Å². The number of pyridine rings is 1. The van der Waals surface area contributed by atoms with Gasteiger partial charge in [0.1, 0.15) is 0 Å². The smallest absolute Gasteiger partial charge is 0.260 e. The molecule has 2 N–H and O–H groups in total. The number of rotatable bonds is 5. The first kappa shape index (κ1) is 13.4. The summed E-state index contributed by atoms with van der Waals surface area (Å²) in [5, 5.41) is 6.31. The number of nitrogens with zero attached hydrogens (tertiary/aromatic N) is 3. The molecule has 0 fully saturated rings. The zero-order chi connectivity index (χ0) is 13.9. The highest BCUT2D eigenvalue weighted by Crippen LogP contribution is 2.16. The summed E-state index contributed by atoms with van der Waals surface area (Å²) in [6.45, 7) is 1.57. The largest absolute Gasteiger partial charge is 0.386 e. The Balaban J connectivity index is 2.18. The highest BCUT2D eigenvalue weighted by molar-refractivity contribution is 7.89. The van der Waals surface area contributed by atoms with Crippen molar-refractivity contribution in [1.29, 1.82) is 0 Å². The van der Waals surface area contributed by atoms with Gasteiger partial charge in [-0.15, -0.1) is 0 Å². The van der Waals surface area contributed by atoms with E-state index in [1.807, 2.05) is 0 Å². The molecule has 0 aliphatic rings. The second kappa shape index (κ2) is 5.33. The number of nitrogens with one attached hydrogen (secondary N) is 2. The first-order valence-corrected chi connectivity index (χ1v) is 6.93. The predicted octanol–water partition coefficient (Wildman–Crippen LogP) is 0.293. The topological polar surface area (TPSA) is 110 Å². The molecule has 0 saturated carbocycles. The first-order valence-electron chi connectivity index (χ1n) is 5.44. The third-order valence-corrected chi connectivity index (χ3v) is 3.64. The van der Waals surface area contributed by atoms with E-state index >= 15 is 0 Å². The number of aromatic nitrogens is 3. The van der Waals surface area contributed by atoms with Gasteiger partial charge >= 0.3 is 0 Å². The lowest BCUT2D eigenvalue weighted by Gasteiger charge is -2.08. The maximum atomic E-state index is 12.1. The summed E-state index contributed by atoms with van der Waals surface area (Å²) in [6.07, 6.45) is 1.41. The van der Waals surface area contributed by atoms with E-state index in [0.717, 1.165) is 0 Å². The third kappa shape index (κ3) is 3.06. The fourth-order valence-electron chi connectivity index (χ4n) is 1.44. The van der Waals surface area contributed by atoms with Crippen molar-refractivity contribution < 1.29 is 12.9 Å². The minimum absolute atomic E-state index is 0.0561. The quantitative estimate of drug-likeness (QED) is 0.811. The Labute approximate surface area is 110 Å². The number of hydrogen-bond acceptors (Lipinski definition) is 7. The van der Waals surface area contributed by atoms with Gasteiger partial charge < -0.3 is 9.84 Å². The van der Waals surface area contributed by atoms with Gasteiger partial charge in [-0.2, -0.15) is 4.98 Å². The molecule has 0 aliphatic heterocycles. The van der Waals surface area contributed by atoms with Crippen molar-refractivity contribution in [2.24, 2.45) is 0 Å². The van der Waals surface area contributed by atoms with E-state index in [0.29, 0.717) is 11.6 Å². The zero-order valence-corrected chi connectivity index (χ0v) is 11.2. The molecule has 0 saturated heterocycles. The lowest BCUT2D eigenvalue weighted by atomic mass is 10.4. The van der Waals surface area contributed by atoms with Crippen LogP contribution in [-0.4, -0.2) is 30.6 Å². The Morgan fingerprint density at radius 2 is 2.21 bits per heavy atom. The standard InChI is InChI=1S/C10H13N5O3S/c1-7-14-9(15-18-7)6-13-19(16,17)10-8(11-2)4-3-5-12-10/h3-5,11,13H,6H2,1-2H3. The van der Waals surface area contributed by atoms with Crippen molar-refractivity contribution in [3.8, 4) is 0 Å². The van der Waals surface area contributed by atoms with Crippen LogP contribution in [0.3, 0.4) is 0 Å². The molecule has 0 radical (unpaired) electrons. The number of aryl methyl sites for hydroxylation is 1. The number of anilines is 1. The molecule has 9 heteroatoms. The molecule has 2 aromatic rings. The van der Waals surface area contributed by atoms with Crippen LogP contribution >= 0.6 is 0 Å². The van der Waals surface area contributed by atoms with E-state index < -0.39 is 10.0 Å². The van der Waals surface area contributed by atoms with Crippen LogP contribution in [0.1, 0.15) is 11.7 Å². The summed E-state index contributed by atoms with van der Waals surface area (Å²) in [6, 6.07) is 3.27.